The van der Waals surface area contributed by atoms with Gasteiger partial charge in [0.1, 0.15) is 11.6 Å². The Hall–Kier alpha value is -1.53. The van der Waals surface area contributed by atoms with Crippen molar-refractivity contribution in [2.75, 3.05) is 7.05 Å². The van der Waals surface area contributed by atoms with Gasteiger partial charge in [0.05, 0.1) is 4.47 Å². The van der Waals surface area contributed by atoms with Crippen LogP contribution in [0.1, 0.15) is 5.56 Å². The number of rotatable bonds is 4. The number of halogens is 2. The maximum absolute atomic E-state index is 13.3. The summed E-state index contributed by atoms with van der Waals surface area (Å²) in [5.41, 5.74) is 0.951. The second-order valence-electron chi connectivity index (χ2n) is 3.58. The highest BCUT2D eigenvalue weighted by Crippen LogP contribution is 2.23. The lowest BCUT2D eigenvalue weighted by molar-refractivity contribution is 0.436. The Kier molecular flexibility index (Phi) is 4.22. The van der Waals surface area contributed by atoms with E-state index in [-0.39, 0.29) is 11.8 Å². The number of nitrogens with one attached hydrogen (secondary N) is 1. The maximum atomic E-state index is 13.3. The van der Waals surface area contributed by atoms with Crippen LogP contribution in [0.2, 0.25) is 0 Å². The average Bonchev–Trinajstić information content (AvgIpc) is 2.37. The highest BCUT2D eigenvalue weighted by atomic mass is 79.9. The monoisotopic (exact) mass is 311 g/mol. The average molecular weight is 312 g/mol. The fourth-order valence-corrected chi connectivity index (χ4v) is 1.58. The zero-order chi connectivity index (χ0) is 13.0. The zero-order valence-corrected chi connectivity index (χ0v) is 11.2. The van der Waals surface area contributed by atoms with Crippen molar-refractivity contribution >= 4 is 15.9 Å². The molecule has 1 heterocycles. The third-order valence-electron chi connectivity index (χ3n) is 2.16. The normalized spacial score (nSPS) is 10.4. The Morgan fingerprint density at radius 3 is 2.67 bits per heavy atom. The van der Waals surface area contributed by atoms with E-state index >= 15 is 0 Å². The van der Waals surface area contributed by atoms with Crippen molar-refractivity contribution in [1.29, 1.82) is 0 Å². The summed E-state index contributed by atoms with van der Waals surface area (Å²) in [5, 5.41) is 2.99. The fourth-order valence-electron chi connectivity index (χ4n) is 1.34. The lowest BCUT2D eigenvalue weighted by Gasteiger charge is -2.05. The lowest BCUT2D eigenvalue weighted by Crippen LogP contribution is -2.06. The Bertz CT molecular complexity index is 533. The van der Waals surface area contributed by atoms with Gasteiger partial charge in [-0.3, -0.25) is 0 Å². The predicted molar refractivity (Wildman–Crippen MR) is 69.0 cm³/mol. The van der Waals surface area contributed by atoms with Gasteiger partial charge in [0.15, 0.2) is 0 Å². The van der Waals surface area contributed by atoms with Gasteiger partial charge in [-0.1, -0.05) is 0 Å². The van der Waals surface area contributed by atoms with Crippen LogP contribution >= 0.6 is 15.9 Å². The van der Waals surface area contributed by atoms with Gasteiger partial charge < -0.3 is 10.1 Å². The van der Waals surface area contributed by atoms with Crippen LogP contribution in [0.3, 0.4) is 0 Å². The number of aromatic nitrogens is 2. The molecule has 0 spiro atoms. The molecule has 1 aromatic heterocycles. The van der Waals surface area contributed by atoms with Gasteiger partial charge >= 0.3 is 6.01 Å². The topological polar surface area (TPSA) is 47.0 Å². The number of ether oxygens (including phenoxy) is 1. The molecule has 1 aromatic carbocycles. The Morgan fingerprint density at radius 2 is 2.06 bits per heavy atom. The van der Waals surface area contributed by atoms with Crippen molar-refractivity contribution in [2.45, 2.75) is 6.54 Å². The molecule has 0 bridgehead atoms. The second kappa shape index (κ2) is 5.88. The molecule has 2 aromatic rings. The van der Waals surface area contributed by atoms with Crippen molar-refractivity contribution < 1.29 is 9.13 Å². The first-order chi connectivity index (χ1) is 8.69. The first-order valence-electron chi connectivity index (χ1n) is 5.27. The molecule has 18 heavy (non-hydrogen) atoms. The molecule has 0 aliphatic carbocycles. The molecule has 0 amide bonds. The minimum atomic E-state index is -0.390. The standard InChI is InChI=1S/C12H11BrFN3O/c1-15-5-8-6-16-12(17-7-8)18-9-2-3-10(13)11(14)4-9/h2-4,6-7,15H,5H2,1H3. The molecule has 0 fully saturated rings. The van der Waals surface area contributed by atoms with E-state index in [0.717, 1.165) is 5.56 Å². The molecule has 0 unspecified atom stereocenters. The van der Waals surface area contributed by atoms with E-state index in [1.54, 1.807) is 24.5 Å². The fraction of sp³-hybridized carbons (Fsp3) is 0.167. The summed E-state index contributed by atoms with van der Waals surface area (Å²) in [4.78, 5) is 8.07. The molecular weight excluding hydrogens is 301 g/mol. The van der Waals surface area contributed by atoms with E-state index in [9.17, 15) is 4.39 Å². The third kappa shape index (κ3) is 3.24. The van der Waals surface area contributed by atoms with E-state index in [4.69, 9.17) is 4.74 Å². The Balaban J connectivity index is 2.10. The molecule has 0 radical (unpaired) electrons. The van der Waals surface area contributed by atoms with Crippen LogP contribution in [0, 0.1) is 5.82 Å². The quantitative estimate of drug-likeness (QED) is 0.943. The van der Waals surface area contributed by atoms with Gasteiger partial charge in [-0.15, -0.1) is 0 Å². The summed E-state index contributed by atoms with van der Waals surface area (Å²) in [5.74, 6) is -0.0311. The first kappa shape index (κ1) is 12.9. The van der Waals surface area contributed by atoms with Crippen LogP contribution < -0.4 is 10.1 Å². The van der Waals surface area contributed by atoms with Crippen LogP contribution in [0.15, 0.2) is 35.1 Å². The highest BCUT2D eigenvalue weighted by Gasteiger charge is 2.04. The zero-order valence-electron chi connectivity index (χ0n) is 9.65. The van der Waals surface area contributed by atoms with Crippen LogP contribution in [0.4, 0.5) is 4.39 Å². The molecule has 94 valence electrons. The minimum absolute atomic E-state index is 0.191. The molecule has 0 atom stereocenters. The molecular formula is C12H11BrFN3O. The Labute approximate surface area is 112 Å². The van der Waals surface area contributed by atoms with Crippen molar-refractivity contribution in [3.05, 3.63) is 46.4 Å². The van der Waals surface area contributed by atoms with Gasteiger partial charge in [0.25, 0.3) is 0 Å². The molecule has 0 aliphatic rings. The van der Waals surface area contributed by atoms with E-state index in [2.05, 4.69) is 31.2 Å². The van der Waals surface area contributed by atoms with Gasteiger partial charge in [-0.25, -0.2) is 14.4 Å². The second-order valence-corrected chi connectivity index (χ2v) is 4.44. The summed E-state index contributed by atoms with van der Waals surface area (Å²) in [6.07, 6.45) is 3.32. The lowest BCUT2D eigenvalue weighted by atomic mass is 10.3. The van der Waals surface area contributed by atoms with Crippen molar-refractivity contribution in [2.24, 2.45) is 0 Å². The molecule has 1 N–H and O–H groups in total. The highest BCUT2D eigenvalue weighted by molar-refractivity contribution is 9.10. The Morgan fingerprint density at radius 1 is 1.33 bits per heavy atom. The summed E-state index contributed by atoms with van der Waals surface area (Å²) in [7, 11) is 1.84. The van der Waals surface area contributed by atoms with Gasteiger partial charge in [0, 0.05) is 30.6 Å². The minimum Gasteiger partial charge on any atom is -0.424 e. The van der Waals surface area contributed by atoms with Crippen LogP contribution in [0.25, 0.3) is 0 Å². The van der Waals surface area contributed by atoms with Crippen LogP contribution in [-0.2, 0) is 6.54 Å². The molecule has 4 nitrogen and oxygen atoms in total. The summed E-state index contributed by atoms with van der Waals surface area (Å²) in [6.45, 7) is 0.688. The smallest absolute Gasteiger partial charge is 0.321 e. The van der Waals surface area contributed by atoms with Gasteiger partial charge in [-0.05, 0) is 35.1 Å². The van der Waals surface area contributed by atoms with E-state index in [1.165, 1.54) is 6.07 Å². The van der Waals surface area contributed by atoms with Crippen molar-refractivity contribution in [3.8, 4) is 11.8 Å². The number of benzene rings is 1. The molecule has 0 aliphatic heterocycles. The molecule has 0 saturated heterocycles. The van der Waals surface area contributed by atoms with Gasteiger partial charge in [-0.2, -0.15) is 0 Å². The third-order valence-corrected chi connectivity index (χ3v) is 2.81. The molecule has 6 heteroatoms. The van der Waals surface area contributed by atoms with Crippen LogP contribution in [0.5, 0.6) is 11.8 Å². The first-order valence-corrected chi connectivity index (χ1v) is 6.07. The summed E-state index contributed by atoms with van der Waals surface area (Å²) >= 11 is 3.07. The van der Waals surface area contributed by atoms with E-state index < -0.39 is 0 Å². The summed E-state index contributed by atoms with van der Waals surface area (Å²) in [6, 6.07) is 4.67. The number of hydrogen-bond donors (Lipinski definition) is 1. The maximum Gasteiger partial charge on any atom is 0.321 e. The van der Waals surface area contributed by atoms with Crippen LogP contribution in [-0.4, -0.2) is 17.0 Å². The number of nitrogens with zero attached hydrogens (tertiary/aromatic N) is 2. The number of hydrogen-bond acceptors (Lipinski definition) is 4. The van der Waals surface area contributed by atoms with Gasteiger partial charge in [0.2, 0.25) is 0 Å². The predicted octanol–water partition coefficient (Wildman–Crippen LogP) is 2.89. The summed E-state index contributed by atoms with van der Waals surface area (Å²) < 4.78 is 19.0. The van der Waals surface area contributed by atoms with E-state index in [0.29, 0.717) is 16.8 Å². The SMILES string of the molecule is CNCc1cnc(Oc2ccc(Br)c(F)c2)nc1. The molecule has 0 saturated carbocycles. The van der Waals surface area contributed by atoms with E-state index in [1.807, 2.05) is 7.05 Å². The molecule has 2 rings (SSSR count). The van der Waals surface area contributed by atoms with Crippen molar-refractivity contribution in [1.82, 2.24) is 15.3 Å². The largest absolute Gasteiger partial charge is 0.424 e. The van der Waals surface area contributed by atoms with Crippen molar-refractivity contribution in [3.63, 3.8) is 0 Å².